The lowest BCUT2D eigenvalue weighted by molar-refractivity contribution is 1.07. The number of hydrogen-bond acceptors (Lipinski definition) is 4. The average molecular weight is 613 g/mol. The zero-order valence-corrected chi connectivity index (χ0v) is 26.1. The van der Waals surface area contributed by atoms with Crippen molar-refractivity contribution in [3.05, 3.63) is 168 Å². The van der Waals surface area contributed by atoms with Gasteiger partial charge in [-0.25, -0.2) is 15.0 Å². The van der Waals surface area contributed by atoms with Gasteiger partial charge in [-0.15, -0.1) is 0 Å². The zero-order chi connectivity index (χ0) is 31.6. The molecule has 4 heteroatoms. The molecule has 48 heavy (non-hydrogen) atoms. The molecule has 0 radical (unpaired) electrons. The molecule has 2 aromatic heterocycles. The summed E-state index contributed by atoms with van der Waals surface area (Å²) in [6.07, 6.45) is 5.64. The van der Waals surface area contributed by atoms with Crippen LogP contribution in [0.5, 0.6) is 0 Å². The van der Waals surface area contributed by atoms with E-state index in [1.807, 2.05) is 12.4 Å². The first-order chi connectivity index (χ1) is 23.8. The molecular formula is C44H28N4. The van der Waals surface area contributed by atoms with Crippen molar-refractivity contribution in [2.75, 3.05) is 0 Å². The minimum Gasteiger partial charge on any atom is -0.264 e. The van der Waals surface area contributed by atoms with Crippen LogP contribution in [0.15, 0.2) is 146 Å². The number of pyridine rings is 1. The van der Waals surface area contributed by atoms with Gasteiger partial charge in [0, 0.05) is 34.6 Å². The maximum absolute atomic E-state index is 5.27. The highest BCUT2D eigenvalue weighted by Gasteiger charge is 2.26. The van der Waals surface area contributed by atoms with Crippen molar-refractivity contribution < 1.29 is 0 Å². The summed E-state index contributed by atoms with van der Waals surface area (Å²) in [5.74, 6) is 2.02. The Kier molecular flexibility index (Phi) is 5.97. The maximum Gasteiger partial charge on any atom is 0.164 e. The van der Waals surface area contributed by atoms with E-state index in [0.29, 0.717) is 17.5 Å². The Labute approximate surface area is 278 Å². The van der Waals surface area contributed by atoms with Gasteiger partial charge in [0.1, 0.15) is 0 Å². The van der Waals surface area contributed by atoms with Gasteiger partial charge >= 0.3 is 0 Å². The Morgan fingerprint density at radius 1 is 0.375 bits per heavy atom. The van der Waals surface area contributed by atoms with Gasteiger partial charge < -0.3 is 0 Å². The van der Waals surface area contributed by atoms with Gasteiger partial charge in [0.25, 0.3) is 0 Å². The van der Waals surface area contributed by atoms with Crippen molar-refractivity contribution in [1.29, 1.82) is 0 Å². The molecule has 0 fully saturated rings. The Bertz CT molecular complexity index is 2450. The van der Waals surface area contributed by atoms with Crippen molar-refractivity contribution in [2.24, 2.45) is 0 Å². The van der Waals surface area contributed by atoms with E-state index in [9.17, 15) is 0 Å². The molecule has 2 aliphatic rings. The van der Waals surface area contributed by atoms with Gasteiger partial charge in [-0.3, -0.25) is 4.98 Å². The first kappa shape index (κ1) is 26.9. The average Bonchev–Trinajstić information content (AvgIpc) is 3.73. The molecular weight excluding hydrogens is 585 g/mol. The summed E-state index contributed by atoms with van der Waals surface area (Å²) in [7, 11) is 0. The second-order valence-corrected chi connectivity index (χ2v) is 12.7. The molecule has 0 atom stereocenters. The normalized spacial score (nSPS) is 12.4. The summed E-state index contributed by atoms with van der Waals surface area (Å²) in [6.45, 7) is 0. The molecule has 0 spiro atoms. The van der Waals surface area contributed by atoms with Crippen LogP contribution in [-0.2, 0) is 12.8 Å². The summed E-state index contributed by atoms with van der Waals surface area (Å²) in [5, 5.41) is 2.32. The minimum absolute atomic E-state index is 0.662. The van der Waals surface area contributed by atoms with E-state index >= 15 is 0 Å². The molecule has 8 aromatic rings. The lowest BCUT2D eigenvalue weighted by Gasteiger charge is -2.14. The minimum atomic E-state index is 0.662. The van der Waals surface area contributed by atoms with Gasteiger partial charge in [-0.1, -0.05) is 115 Å². The Hall–Kier alpha value is -6.26. The molecule has 10 rings (SSSR count). The fourth-order valence-corrected chi connectivity index (χ4v) is 7.58. The first-order valence-corrected chi connectivity index (χ1v) is 16.4. The highest BCUT2D eigenvalue weighted by molar-refractivity contribution is 5.93. The molecule has 0 amide bonds. The third kappa shape index (κ3) is 4.30. The van der Waals surface area contributed by atoms with E-state index in [1.54, 1.807) is 0 Å². The van der Waals surface area contributed by atoms with Crippen LogP contribution in [0, 0.1) is 0 Å². The molecule has 0 saturated carbocycles. The van der Waals surface area contributed by atoms with E-state index in [1.165, 1.54) is 55.5 Å². The fraction of sp³-hybridized carbons (Fsp3) is 0.0455. The first-order valence-electron chi connectivity index (χ1n) is 16.4. The zero-order valence-electron chi connectivity index (χ0n) is 26.1. The lowest BCUT2D eigenvalue weighted by Crippen LogP contribution is -2.02. The molecule has 0 N–H and O–H groups in total. The smallest absolute Gasteiger partial charge is 0.164 e. The number of hydrogen-bond donors (Lipinski definition) is 0. The van der Waals surface area contributed by atoms with Crippen LogP contribution in [0.3, 0.4) is 0 Å². The second-order valence-electron chi connectivity index (χ2n) is 12.7. The van der Waals surface area contributed by atoms with E-state index < -0.39 is 0 Å². The molecule has 6 aromatic carbocycles. The Morgan fingerprint density at radius 3 is 1.69 bits per heavy atom. The summed E-state index contributed by atoms with van der Waals surface area (Å²) in [5.41, 5.74) is 15.4. The van der Waals surface area contributed by atoms with Crippen molar-refractivity contribution in [1.82, 2.24) is 19.9 Å². The van der Waals surface area contributed by atoms with Gasteiger partial charge in [0.2, 0.25) is 0 Å². The number of nitrogens with zero attached hydrogens (tertiary/aromatic N) is 4. The SMILES string of the molecule is c1ccc(-c2ccc3cc(-c4nc(-c5cccc6c5-c5ccccc5C6)nc(-c5cccc6c5-c5cnccc5C6)n4)ccc3c2)cc1. The molecule has 224 valence electrons. The van der Waals surface area contributed by atoms with Crippen LogP contribution >= 0.6 is 0 Å². The maximum atomic E-state index is 5.27. The van der Waals surface area contributed by atoms with E-state index in [2.05, 4.69) is 138 Å². The third-order valence-electron chi connectivity index (χ3n) is 9.85. The van der Waals surface area contributed by atoms with Gasteiger partial charge in [-0.05, 0) is 91.9 Å². The summed E-state index contributed by atoms with van der Waals surface area (Å²) >= 11 is 0. The molecule has 0 aliphatic heterocycles. The molecule has 0 saturated heterocycles. The van der Waals surface area contributed by atoms with Crippen LogP contribution in [0.25, 0.3) is 78.3 Å². The summed E-state index contributed by atoms with van der Waals surface area (Å²) in [6, 6.07) is 47.4. The van der Waals surface area contributed by atoms with Crippen LogP contribution < -0.4 is 0 Å². The predicted molar refractivity (Wildman–Crippen MR) is 193 cm³/mol. The quantitative estimate of drug-likeness (QED) is 0.198. The number of benzene rings is 6. The van der Waals surface area contributed by atoms with Crippen LogP contribution in [-0.4, -0.2) is 19.9 Å². The fourth-order valence-electron chi connectivity index (χ4n) is 7.58. The molecule has 2 heterocycles. The van der Waals surface area contributed by atoms with Crippen molar-refractivity contribution >= 4 is 10.8 Å². The van der Waals surface area contributed by atoms with Crippen molar-refractivity contribution in [3.63, 3.8) is 0 Å². The number of fused-ring (bicyclic) bond motifs is 7. The highest BCUT2D eigenvalue weighted by Crippen LogP contribution is 2.45. The van der Waals surface area contributed by atoms with Gasteiger partial charge in [0.15, 0.2) is 17.5 Å². The van der Waals surface area contributed by atoms with E-state index in [0.717, 1.165) is 40.5 Å². The Balaban J connectivity index is 1.18. The van der Waals surface area contributed by atoms with Crippen LogP contribution in [0.2, 0.25) is 0 Å². The van der Waals surface area contributed by atoms with Gasteiger partial charge in [-0.2, -0.15) is 0 Å². The third-order valence-corrected chi connectivity index (χ3v) is 9.85. The lowest BCUT2D eigenvalue weighted by atomic mass is 9.97. The highest BCUT2D eigenvalue weighted by atomic mass is 15.0. The molecule has 2 aliphatic carbocycles. The summed E-state index contributed by atoms with van der Waals surface area (Å²) < 4.78 is 0. The molecule has 4 nitrogen and oxygen atoms in total. The van der Waals surface area contributed by atoms with E-state index in [4.69, 9.17) is 15.0 Å². The van der Waals surface area contributed by atoms with Crippen molar-refractivity contribution in [3.8, 4) is 67.5 Å². The Morgan fingerprint density at radius 2 is 0.938 bits per heavy atom. The van der Waals surface area contributed by atoms with Crippen LogP contribution in [0.1, 0.15) is 22.3 Å². The van der Waals surface area contributed by atoms with Crippen LogP contribution in [0.4, 0.5) is 0 Å². The standard InChI is InChI=1S/C44H28N4/c1-2-8-27(9-3-1)28-16-17-30-23-35(19-18-29(30)22-28)42-46-43(37-14-6-11-33-24-31-10-4-5-13-36(31)40(33)37)48-44(47-42)38-15-7-12-34-25-32-20-21-45-26-39(32)41(34)38/h1-23,26H,24-25H2. The largest absolute Gasteiger partial charge is 0.264 e. The van der Waals surface area contributed by atoms with Crippen molar-refractivity contribution in [2.45, 2.75) is 12.8 Å². The molecule has 0 bridgehead atoms. The topological polar surface area (TPSA) is 51.6 Å². The summed E-state index contributed by atoms with van der Waals surface area (Å²) in [4.78, 5) is 20.2. The van der Waals surface area contributed by atoms with Gasteiger partial charge in [0.05, 0.1) is 0 Å². The predicted octanol–water partition coefficient (Wildman–Crippen LogP) is 10.2. The van der Waals surface area contributed by atoms with E-state index in [-0.39, 0.29) is 0 Å². The molecule has 0 unspecified atom stereocenters. The number of aromatic nitrogens is 4. The second kappa shape index (κ2) is 10.6. The number of rotatable bonds is 4. The monoisotopic (exact) mass is 612 g/mol.